The summed E-state index contributed by atoms with van der Waals surface area (Å²) >= 11 is 0. The number of nitrogens with zero attached hydrogens (tertiary/aromatic N) is 3. The smallest absolute Gasteiger partial charge is 0.0777 e. The van der Waals surface area contributed by atoms with Crippen molar-refractivity contribution in [2.24, 2.45) is 5.92 Å². The largest absolute Gasteiger partial charge is 0.319 e. The van der Waals surface area contributed by atoms with E-state index >= 15 is 0 Å². The number of pyridine rings is 2. The molecule has 1 aliphatic carbocycles. The maximum atomic E-state index is 8.42. The predicted octanol–water partition coefficient (Wildman–Crippen LogP) is 7.21. The van der Waals surface area contributed by atoms with Gasteiger partial charge < -0.3 is 5.43 Å². The number of hydrazine groups is 1. The molecule has 188 valence electrons. The molecule has 0 aliphatic heterocycles. The van der Waals surface area contributed by atoms with Crippen molar-refractivity contribution < 1.29 is 0 Å². The number of nitriles is 1. The normalized spacial score (nSPS) is 11.7. The molecule has 5 nitrogen and oxygen atoms in total. The van der Waals surface area contributed by atoms with Crippen LogP contribution in [0.1, 0.15) is 90.2 Å². The van der Waals surface area contributed by atoms with E-state index in [1.807, 2.05) is 52.1 Å². The van der Waals surface area contributed by atoms with E-state index in [0.717, 1.165) is 40.5 Å². The molecular formula is C29H47N5. The van der Waals surface area contributed by atoms with Gasteiger partial charge in [-0.25, -0.2) is 5.43 Å². The number of rotatable bonds is 4. The summed E-state index contributed by atoms with van der Waals surface area (Å²) in [6.07, 6.45) is 17.5. The number of hydrogen-bond donors (Lipinski definition) is 2. The molecule has 1 fully saturated rings. The number of hydrogen-bond acceptors (Lipinski definition) is 5. The Labute approximate surface area is 209 Å². The van der Waals surface area contributed by atoms with Crippen molar-refractivity contribution in [3.8, 4) is 18.9 Å². The van der Waals surface area contributed by atoms with Gasteiger partial charge in [0, 0.05) is 17.4 Å². The monoisotopic (exact) mass is 465 g/mol. The van der Waals surface area contributed by atoms with Crippen LogP contribution in [0.2, 0.25) is 0 Å². The van der Waals surface area contributed by atoms with Crippen LogP contribution in [-0.4, -0.2) is 15.5 Å². The highest BCUT2D eigenvalue weighted by Crippen LogP contribution is 2.24. The molecule has 0 spiro atoms. The topological polar surface area (TPSA) is 73.6 Å². The average Bonchev–Trinajstić information content (AvgIpc) is 2.81. The highest BCUT2D eigenvalue weighted by molar-refractivity contribution is 5.40. The number of terminal acetylenes is 1. The first-order valence-electron chi connectivity index (χ1n) is 12.2. The van der Waals surface area contributed by atoms with E-state index in [1.165, 1.54) is 19.3 Å². The minimum absolute atomic E-state index is 0.0590. The lowest BCUT2D eigenvalue weighted by Gasteiger charge is -2.21. The molecule has 2 aromatic rings. The fraction of sp³-hybridized carbons (Fsp3) is 0.552. The van der Waals surface area contributed by atoms with Gasteiger partial charge in [0.05, 0.1) is 30.1 Å². The predicted molar refractivity (Wildman–Crippen MR) is 147 cm³/mol. The molecule has 0 amide bonds. The lowest BCUT2D eigenvalue weighted by atomic mass is 9.88. The van der Waals surface area contributed by atoms with Gasteiger partial charge in [-0.05, 0) is 70.2 Å². The lowest BCUT2D eigenvalue weighted by Crippen LogP contribution is -2.40. The Balaban J connectivity index is 0. The van der Waals surface area contributed by atoms with E-state index in [0.29, 0.717) is 6.42 Å². The van der Waals surface area contributed by atoms with E-state index < -0.39 is 0 Å². The molecule has 0 saturated heterocycles. The molecule has 0 radical (unpaired) electrons. The van der Waals surface area contributed by atoms with Gasteiger partial charge in [0.1, 0.15) is 0 Å². The molecule has 5 heteroatoms. The molecule has 0 bridgehead atoms. The van der Waals surface area contributed by atoms with Crippen molar-refractivity contribution in [1.29, 1.82) is 5.26 Å². The first kappa shape index (κ1) is 33.3. The van der Waals surface area contributed by atoms with Gasteiger partial charge in [0.15, 0.2) is 0 Å². The van der Waals surface area contributed by atoms with Crippen LogP contribution in [0.25, 0.3) is 0 Å². The molecule has 0 aromatic carbocycles. The number of anilines is 1. The number of nitrogens with one attached hydrogen (secondary N) is 2. The van der Waals surface area contributed by atoms with Gasteiger partial charge in [-0.3, -0.25) is 9.97 Å². The van der Waals surface area contributed by atoms with Gasteiger partial charge in [0.2, 0.25) is 0 Å². The Morgan fingerprint density at radius 2 is 1.68 bits per heavy atom. The molecular weight excluding hydrogens is 418 g/mol. The van der Waals surface area contributed by atoms with Crippen LogP contribution in [0.5, 0.6) is 0 Å². The van der Waals surface area contributed by atoms with Crippen LogP contribution in [0.4, 0.5) is 5.69 Å². The summed E-state index contributed by atoms with van der Waals surface area (Å²) in [4.78, 5) is 8.44. The van der Waals surface area contributed by atoms with Gasteiger partial charge in [-0.1, -0.05) is 53.0 Å². The van der Waals surface area contributed by atoms with Crippen molar-refractivity contribution in [3.05, 3.63) is 53.1 Å². The maximum absolute atomic E-state index is 8.42. The van der Waals surface area contributed by atoms with Crippen LogP contribution in [0, 0.1) is 43.9 Å². The molecule has 2 heterocycles. The SMILES string of the molecule is C#C.CC.CC1CCC1.CCc1ccc(NNC(C)(C)C)cn1.Cc1cnc(CC#N)c(C)c1. The third-order valence-electron chi connectivity index (χ3n) is 4.73. The molecule has 2 N–H and O–H groups in total. The molecule has 3 rings (SSSR count). The van der Waals surface area contributed by atoms with E-state index in [9.17, 15) is 0 Å². The van der Waals surface area contributed by atoms with E-state index in [1.54, 1.807) is 6.20 Å². The Morgan fingerprint density at radius 1 is 1.09 bits per heavy atom. The molecule has 1 saturated carbocycles. The fourth-order valence-corrected chi connectivity index (χ4v) is 2.58. The quantitative estimate of drug-likeness (QED) is 0.369. The Kier molecular flexibility index (Phi) is 19.2. The molecule has 34 heavy (non-hydrogen) atoms. The summed E-state index contributed by atoms with van der Waals surface area (Å²) in [5, 5.41) is 8.42. The summed E-state index contributed by atoms with van der Waals surface area (Å²) < 4.78 is 0. The minimum Gasteiger partial charge on any atom is -0.319 e. The number of aryl methyl sites for hydroxylation is 3. The molecule has 0 unspecified atom stereocenters. The zero-order chi connectivity index (χ0) is 26.6. The third-order valence-corrected chi connectivity index (χ3v) is 4.73. The molecule has 0 atom stereocenters. The van der Waals surface area contributed by atoms with E-state index in [2.05, 4.69) is 74.4 Å². The fourth-order valence-electron chi connectivity index (χ4n) is 2.58. The lowest BCUT2D eigenvalue weighted by molar-refractivity contribution is 0.346. The van der Waals surface area contributed by atoms with Crippen LogP contribution in [-0.2, 0) is 12.8 Å². The highest BCUT2D eigenvalue weighted by atomic mass is 15.4. The summed E-state index contributed by atoms with van der Waals surface area (Å²) in [7, 11) is 0. The van der Waals surface area contributed by atoms with Gasteiger partial charge in [0.25, 0.3) is 0 Å². The Hall–Kier alpha value is -2.89. The van der Waals surface area contributed by atoms with Gasteiger partial charge >= 0.3 is 0 Å². The van der Waals surface area contributed by atoms with Crippen LogP contribution in [0.3, 0.4) is 0 Å². The number of aromatic nitrogens is 2. The summed E-state index contributed by atoms with van der Waals surface area (Å²) in [6.45, 7) is 18.7. The van der Waals surface area contributed by atoms with Crippen molar-refractivity contribution in [2.45, 2.75) is 100.0 Å². The first-order valence-corrected chi connectivity index (χ1v) is 12.2. The first-order chi connectivity index (χ1) is 16.1. The zero-order valence-corrected chi connectivity index (χ0v) is 23.0. The van der Waals surface area contributed by atoms with Gasteiger partial charge in [-0.2, -0.15) is 5.26 Å². The maximum Gasteiger partial charge on any atom is 0.0777 e. The molecule has 1 aliphatic rings. The third kappa shape index (κ3) is 16.7. The summed E-state index contributed by atoms with van der Waals surface area (Å²) in [5.74, 6) is 1.06. The molecule has 2 aromatic heterocycles. The standard InChI is InChI=1S/C11H19N3.C9H10N2.C5H10.C2H6.C2H2/c1-5-9-6-7-10(8-12-9)13-14-11(2,3)4;1-7-5-8(2)9(3-4-10)11-6-7;1-5-3-2-4-5;2*1-2/h6-8,13-14H,5H2,1-4H3;5-6H,3H2,1-2H3;5H,2-4H2,1H3;1-2H3;1-2H. The minimum atomic E-state index is 0.0590. The van der Waals surface area contributed by atoms with E-state index in [4.69, 9.17) is 5.26 Å². The Bertz CT molecular complexity index is 822. The van der Waals surface area contributed by atoms with Crippen LogP contribution >= 0.6 is 0 Å². The van der Waals surface area contributed by atoms with Crippen LogP contribution < -0.4 is 10.9 Å². The van der Waals surface area contributed by atoms with Crippen LogP contribution in [0.15, 0.2) is 30.6 Å². The van der Waals surface area contributed by atoms with Gasteiger partial charge in [-0.15, -0.1) is 12.8 Å². The van der Waals surface area contributed by atoms with Crippen molar-refractivity contribution >= 4 is 5.69 Å². The average molecular weight is 466 g/mol. The second-order valence-electron chi connectivity index (χ2n) is 9.04. The zero-order valence-electron chi connectivity index (χ0n) is 23.0. The Morgan fingerprint density at radius 3 is 2.03 bits per heavy atom. The van der Waals surface area contributed by atoms with Crippen molar-refractivity contribution in [1.82, 2.24) is 15.4 Å². The van der Waals surface area contributed by atoms with Crippen molar-refractivity contribution in [3.63, 3.8) is 0 Å². The van der Waals surface area contributed by atoms with Crippen molar-refractivity contribution in [2.75, 3.05) is 5.43 Å². The summed E-state index contributed by atoms with van der Waals surface area (Å²) in [6, 6.07) is 8.19. The summed E-state index contributed by atoms with van der Waals surface area (Å²) in [5.41, 5.74) is 11.6. The van der Waals surface area contributed by atoms with E-state index in [-0.39, 0.29) is 5.54 Å². The second kappa shape index (κ2) is 19.6. The second-order valence-corrected chi connectivity index (χ2v) is 9.04. The highest BCUT2D eigenvalue weighted by Gasteiger charge is 2.09.